The van der Waals surface area contributed by atoms with Crippen LogP contribution >= 0.6 is 0 Å². The Labute approximate surface area is 149 Å². The molecule has 5 nitrogen and oxygen atoms in total. The van der Waals surface area contributed by atoms with Crippen molar-refractivity contribution in [2.24, 2.45) is 5.92 Å². The van der Waals surface area contributed by atoms with Crippen LogP contribution in [0.4, 0.5) is 5.69 Å². The van der Waals surface area contributed by atoms with Gasteiger partial charge in [-0.05, 0) is 50.6 Å². The quantitative estimate of drug-likeness (QED) is 0.750. The number of piperidine rings is 1. The van der Waals surface area contributed by atoms with Gasteiger partial charge in [0.15, 0.2) is 0 Å². The molecule has 2 atom stereocenters. The van der Waals surface area contributed by atoms with E-state index in [9.17, 15) is 9.59 Å². The summed E-state index contributed by atoms with van der Waals surface area (Å²) >= 11 is 0. The molecule has 1 saturated heterocycles. The summed E-state index contributed by atoms with van der Waals surface area (Å²) in [6, 6.07) is 7.39. The number of benzene rings is 1. The molecule has 0 bridgehead atoms. The Morgan fingerprint density at radius 1 is 1.24 bits per heavy atom. The normalized spacial score (nSPS) is 19.7. The SMILES string of the molecule is C=CCN(CC=C)C(=O)c1ccc(NC(=O)[C@H]2CCN[C@@H](C)C2)cc1. The Kier molecular flexibility index (Phi) is 6.95. The topological polar surface area (TPSA) is 61.4 Å². The Balaban J connectivity index is 1.99. The van der Waals surface area contributed by atoms with Crippen molar-refractivity contribution in [1.82, 2.24) is 10.2 Å². The van der Waals surface area contributed by atoms with Crippen molar-refractivity contribution in [3.63, 3.8) is 0 Å². The number of carbonyl (C=O) groups is 2. The van der Waals surface area contributed by atoms with Gasteiger partial charge in [-0.1, -0.05) is 12.2 Å². The summed E-state index contributed by atoms with van der Waals surface area (Å²) in [5, 5.41) is 6.30. The summed E-state index contributed by atoms with van der Waals surface area (Å²) in [6.07, 6.45) is 5.08. The summed E-state index contributed by atoms with van der Waals surface area (Å²) in [4.78, 5) is 26.5. The molecule has 2 rings (SSSR count). The third-order valence-electron chi connectivity index (χ3n) is 4.38. The van der Waals surface area contributed by atoms with E-state index in [-0.39, 0.29) is 17.7 Å². The van der Waals surface area contributed by atoms with Crippen LogP contribution in [0.3, 0.4) is 0 Å². The van der Waals surface area contributed by atoms with Crippen molar-refractivity contribution >= 4 is 17.5 Å². The Morgan fingerprint density at radius 2 is 1.88 bits per heavy atom. The predicted octanol–water partition coefficient (Wildman–Crippen LogP) is 2.83. The van der Waals surface area contributed by atoms with E-state index < -0.39 is 0 Å². The average molecular weight is 341 g/mol. The number of rotatable bonds is 7. The van der Waals surface area contributed by atoms with Crippen LogP contribution in [-0.2, 0) is 4.79 Å². The van der Waals surface area contributed by atoms with E-state index in [1.54, 1.807) is 41.3 Å². The fourth-order valence-electron chi connectivity index (χ4n) is 3.05. The highest BCUT2D eigenvalue weighted by molar-refractivity contribution is 5.96. The fourth-order valence-corrected chi connectivity index (χ4v) is 3.05. The monoisotopic (exact) mass is 341 g/mol. The lowest BCUT2D eigenvalue weighted by atomic mass is 9.92. The number of hydrogen-bond donors (Lipinski definition) is 2. The minimum Gasteiger partial charge on any atom is -0.331 e. The number of amides is 2. The van der Waals surface area contributed by atoms with Crippen LogP contribution in [0.2, 0.25) is 0 Å². The van der Waals surface area contributed by atoms with Crippen molar-refractivity contribution in [1.29, 1.82) is 0 Å². The zero-order valence-corrected chi connectivity index (χ0v) is 14.8. The third-order valence-corrected chi connectivity index (χ3v) is 4.38. The number of carbonyl (C=O) groups excluding carboxylic acids is 2. The first-order valence-corrected chi connectivity index (χ1v) is 8.70. The van der Waals surface area contributed by atoms with Gasteiger partial charge in [0.25, 0.3) is 5.91 Å². The summed E-state index contributed by atoms with van der Waals surface area (Å²) in [5.74, 6) is 0.00505. The van der Waals surface area contributed by atoms with Crippen molar-refractivity contribution in [2.75, 3.05) is 25.0 Å². The van der Waals surface area contributed by atoms with E-state index in [0.29, 0.717) is 30.4 Å². The minimum absolute atomic E-state index is 0.0354. The largest absolute Gasteiger partial charge is 0.331 e. The van der Waals surface area contributed by atoms with E-state index in [4.69, 9.17) is 0 Å². The summed E-state index contributed by atoms with van der Waals surface area (Å²) in [5.41, 5.74) is 1.30. The van der Waals surface area contributed by atoms with Gasteiger partial charge in [0.05, 0.1) is 0 Å². The highest BCUT2D eigenvalue weighted by atomic mass is 16.2. The molecule has 0 saturated carbocycles. The molecule has 1 aliphatic rings. The highest BCUT2D eigenvalue weighted by Crippen LogP contribution is 2.19. The molecular weight excluding hydrogens is 314 g/mol. The van der Waals surface area contributed by atoms with Crippen LogP contribution in [0, 0.1) is 5.92 Å². The van der Waals surface area contributed by atoms with E-state index in [1.807, 2.05) is 0 Å². The first-order valence-electron chi connectivity index (χ1n) is 8.70. The van der Waals surface area contributed by atoms with E-state index in [1.165, 1.54) is 0 Å². The average Bonchev–Trinajstić information content (AvgIpc) is 2.61. The van der Waals surface area contributed by atoms with Gasteiger partial charge in [-0.2, -0.15) is 0 Å². The van der Waals surface area contributed by atoms with Gasteiger partial charge >= 0.3 is 0 Å². The van der Waals surface area contributed by atoms with Crippen LogP contribution in [0.5, 0.6) is 0 Å². The number of anilines is 1. The number of nitrogens with one attached hydrogen (secondary N) is 2. The maximum absolute atomic E-state index is 12.5. The van der Waals surface area contributed by atoms with Gasteiger partial charge in [0, 0.05) is 36.3 Å². The molecule has 1 heterocycles. The first-order chi connectivity index (χ1) is 12.0. The smallest absolute Gasteiger partial charge is 0.254 e. The van der Waals surface area contributed by atoms with Crippen LogP contribution in [-0.4, -0.2) is 42.4 Å². The molecule has 25 heavy (non-hydrogen) atoms. The molecule has 0 radical (unpaired) electrons. The lowest BCUT2D eigenvalue weighted by Crippen LogP contribution is -2.40. The summed E-state index contributed by atoms with van der Waals surface area (Å²) < 4.78 is 0. The van der Waals surface area contributed by atoms with Crippen molar-refractivity contribution in [2.45, 2.75) is 25.8 Å². The highest BCUT2D eigenvalue weighted by Gasteiger charge is 2.24. The van der Waals surface area contributed by atoms with Crippen molar-refractivity contribution in [3.05, 3.63) is 55.1 Å². The third kappa shape index (κ3) is 5.29. The molecule has 0 spiro atoms. The molecule has 1 fully saturated rings. The van der Waals surface area contributed by atoms with Gasteiger partial charge in [-0.15, -0.1) is 13.2 Å². The summed E-state index contributed by atoms with van der Waals surface area (Å²) in [7, 11) is 0. The number of nitrogens with zero attached hydrogens (tertiary/aromatic N) is 1. The zero-order valence-electron chi connectivity index (χ0n) is 14.8. The Bertz CT molecular complexity index is 614. The van der Waals surface area contributed by atoms with Gasteiger partial charge < -0.3 is 15.5 Å². The second-order valence-corrected chi connectivity index (χ2v) is 6.43. The molecule has 1 aromatic carbocycles. The molecule has 1 aliphatic heterocycles. The lowest BCUT2D eigenvalue weighted by Gasteiger charge is -2.27. The molecule has 1 aromatic rings. The maximum atomic E-state index is 12.5. The molecule has 2 amide bonds. The molecule has 134 valence electrons. The lowest BCUT2D eigenvalue weighted by molar-refractivity contribution is -0.120. The number of hydrogen-bond acceptors (Lipinski definition) is 3. The van der Waals surface area contributed by atoms with E-state index in [2.05, 4.69) is 30.7 Å². The van der Waals surface area contributed by atoms with Gasteiger partial charge in [-0.3, -0.25) is 9.59 Å². The van der Waals surface area contributed by atoms with Crippen LogP contribution < -0.4 is 10.6 Å². The minimum atomic E-state index is -0.0788. The Hall–Kier alpha value is -2.40. The van der Waals surface area contributed by atoms with Crippen molar-refractivity contribution < 1.29 is 9.59 Å². The second-order valence-electron chi connectivity index (χ2n) is 6.43. The van der Waals surface area contributed by atoms with Crippen LogP contribution in [0.15, 0.2) is 49.6 Å². The first kappa shape index (κ1) is 18.9. The second kappa shape index (κ2) is 9.18. The molecular formula is C20H27N3O2. The van der Waals surface area contributed by atoms with Gasteiger partial charge in [0.1, 0.15) is 0 Å². The van der Waals surface area contributed by atoms with E-state index >= 15 is 0 Å². The standard InChI is InChI=1S/C20H27N3O2/c1-4-12-23(13-5-2)20(25)16-6-8-18(9-7-16)22-19(24)17-10-11-21-15(3)14-17/h4-9,15,17,21H,1-2,10-14H2,3H3,(H,22,24)/t15-,17-/m0/s1. The maximum Gasteiger partial charge on any atom is 0.254 e. The van der Waals surface area contributed by atoms with Crippen LogP contribution in [0.1, 0.15) is 30.1 Å². The molecule has 0 aromatic heterocycles. The Morgan fingerprint density at radius 3 is 2.44 bits per heavy atom. The van der Waals surface area contributed by atoms with Crippen molar-refractivity contribution in [3.8, 4) is 0 Å². The predicted molar refractivity (Wildman–Crippen MR) is 102 cm³/mol. The zero-order chi connectivity index (χ0) is 18.2. The van der Waals surface area contributed by atoms with Gasteiger partial charge in [-0.25, -0.2) is 0 Å². The molecule has 5 heteroatoms. The molecule has 2 N–H and O–H groups in total. The molecule has 0 aliphatic carbocycles. The summed E-state index contributed by atoms with van der Waals surface area (Å²) in [6.45, 7) is 11.3. The van der Waals surface area contributed by atoms with Gasteiger partial charge in [0.2, 0.25) is 5.91 Å². The molecule has 0 unspecified atom stereocenters. The van der Waals surface area contributed by atoms with E-state index in [0.717, 1.165) is 19.4 Å². The van der Waals surface area contributed by atoms with Crippen LogP contribution in [0.25, 0.3) is 0 Å². The fraction of sp³-hybridized carbons (Fsp3) is 0.400.